The van der Waals surface area contributed by atoms with Crippen LogP contribution in [0.15, 0.2) is 54.6 Å². The Kier molecular flexibility index (Phi) is 8.35. The minimum absolute atomic E-state index is 0.0223. The molecule has 0 fully saturated rings. The van der Waals surface area contributed by atoms with Gasteiger partial charge in [-0.3, -0.25) is 14.9 Å². The number of carbonyl (C=O) groups excluding carboxylic acids is 1. The van der Waals surface area contributed by atoms with Gasteiger partial charge in [-0.05, 0) is 41.2 Å². The van der Waals surface area contributed by atoms with E-state index in [-0.39, 0.29) is 58.9 Å². The molecular weight excluding hydrogens is 614 g/mol. The number of nitro benzene ring substituents is 1. The zero-order valence-corrected chi connectivity index (χ0v) is 24.9. The summed E-state index contributed by atoms with van der Waals surface area (Å²) >= 11 is 0. The van der Waals surface area contributed by atoms with Crippen molar-refractivity contribution in [3.63, 3.8) is 0 Å². The molecule has 1 aliphatic carbocycles. The standard InChI is InChI=1S/C26H25NO12S3/c1-40(31,32)37-20-10-6-17(7-11-20)18-13-22-21(12-16-4-8-19(9-5-16)27(29)30)24(38-41(2,33)34)15-25(39-42(3,35)36)26(22)23(28)14-18/h4-11,15,18H,12-14H2,1-3H3. The number of fused-ring (bicyclic) bond motifs is 1. The first-order chi connectivity index (χ1) is 19.4. The Morgan fingerprint density at radius 3 is 1.86 bits per heavy atom. The van der Waals surface area contributed by atoms with Crippen LogP contribution in [0, 0.1) is 10.1 Å². The molecule has 1 aliphatic rings. The van der Waals surface area contributed by atoms with Crippen LogP contribution in [0.25, 0.3) is 0 Å². The first kappa shape index (κ1) is 30.9. The van der Waals surface area contributed by atoms with Crippen LogP contribution in [-0.2, 0) is 43.2 Å². The van der Waals surface area contributed by atoms with Gasteiger partial charge in [0.15, 0.2) is 11.5 Å². The fourth-order valence-electron chi connectivity index (χ4n) is 4.71. The molecule has 0 spiro atoms. The fraction of sp³-hybridized carbons (Fsp3) is 0.269. The zero-order valence-electron chi connectivity index (χ0n) is 22.5. The van der Waals surface area contributed by atoms with Crippen molar-refractivity contribution in [2.45, 2.75) is 25.2 Å². The van der Waals surface area contributed by atoms with E-state index in [2.05, 4.69) is 0 Å². The van der Waals surface area contributed by atoms with Gasteiger partial charge in [-0.15, -0.1) is 0 Å². The van der Waals surface area contributed by atoms with E-state index < -0.39 is 47.0 Å². The van der Waals surface area contributed by atoms with Gasteiger partial charge in [0.05, 0.1) is 29.3 Å². The van der Waals surface area contributed by atoms with Crippen molar-refractivity contribution in [3.8, 4) is 17.2 Å². The molecule has 0 amide bonds. The number of rotatable bonds is 10. The summed E-state index contributed by atoms with van der Waals surface area (Å²) in [5.41, 5.74) is 1.48. The molecule has 0 heterocycles. The van der Waals surface area contributed by atoms with Crippen molar-refractivity contribution in [3.05, 3.63) is 92.5 Å². The van der Waals surface area contributed by atoms with E-state index in [1.54, 1.807) is 12.1 Å². The maximum Gasteiger partial charge on any atom is 0.306 e. The summed E-state index contributed by atoms with van der Waals surface area (Å²) < 4.78 is 86.6. The molecule has 3 aromatic carbocycles. The first-order valence-electron chi connectivity index (χ1n) is 12.1. The van der Waals surface area contributed by atoms with Gasteiger partial charge in [-0.1, -0.05) is 24.3 Å². The number of non-ortho nitro benzene ring substituents is 1. The lowest BCUT2D eigenvalue weighted by Gasteiger charge is -2.29. The highest BCUT2D eigenvalue weighted by Gasteiger charge is 2.34. The maximum atomic E-state index is 13.5. The number of Topliss-reactive ketones (excluding diaryl/α,β-unsaturated/α-hetero) is 1. The molecule has 4 rings (SSSR count). The van der Waals surface area contributed by atoms with Crippen LogP contribution in [0.1, 0.15) is 45.0 Å². The van der Waals surface area contributed by atoms with Crippen LogP contribution in [0.3, 0.4) is 0 Å². The van der Waals surface area contributed by atoms with Gasteiger partial charge < -0.3 is 12.5 Å². The third-order valence-electron chi connectivity index (χ3n) is 6.24. The van der Waals surface area contributed by atoms with Crippen LogP contribution in [0.4, 0.5) is 5.69 Å². The summed E-state index contributed by atoms with van der Waals surface area (Å²) in [5.74, 6) is -1.55. The molecular formula is C26H25NO12S3. The number of nitro groups is 1. The Morgan fingerprint density at radius 2 is 1.33 bits per heavy atom. The minimum Gasteiger partial charge on any atom is -0.383 e. The summed E-state index contributed by atoms with van der Waals surface area (Å²) in [4.78, 5) is 24.1. The Labute approximate surface area is 242 Å². The van der Waals surface area contributed by atoms with E-state index in [0.717, 1.165) is 24.8 Å². The van der Waals surface area contributed by atoms with Gasteiger partial charge in [-0.25, -0.2) is 0 Å². The number of hydrogen-bond acceptors (Lipinski definition) is 12. The SMILES string of the molecule is CS(=O)(=O)Oc1ccc(C2CC(=O)c3c(OS(C)(=O)=O)cc(OS(C)(=O)=O)c(Cc4ccc([N+](=O)[O-])cc4)c3C2)cc1. The maximum absolute atomic E-state index is 13.5. The lowest BCUT2D eigenvalue weighted by molar-refractivity contribution is -0.384. The van der Waals surface area contributed by atoms with Gasteiger partial charge >= 0.3 is 30.4 Å². The molecule has 3 aromatic rings. The lowest BCUT2D eigenvalue weighted by Crippen LogP contribution is -2.23. The van der Waals surface area contributed by atoms with Gasteiger partial charge in [0.2, 0.25) is 0 Å². The van der Waals surface area contributed by atoms with Gasteiger partial charge in [0, 0.05) is 36.6 Å². The van der Waals surface area contributed by atoms with Crippen LogP contribution < -0.4 is 12.5 Å². The van der Waals surface area contributed by atoms with Crippen molar-refractivity contribution in [1.82, 2.24) is 0 Å². The quantitative estimate of drug-likeness (QED) is 0.179. The van der Waals surface area contributed by atoms with Crippen LogP contribution in [0.2, 0.25) is 0 Å². The number of ketones is 1. The Bertz CT molecular complexity index is 1880. The normalized spacial score (nSPS) is 15.5. The van der Waals surface area contributed by atoms with Crippen LogP contribution in [-0.4, -0.2) is 54.7 Å². The van der Waals surface area contributed by atoms with Crippen molar-refractivity contribution >= 4 is 41.8 Å². The summed E-state index contributed by atoms with van der Waals surface area (Å²) in [6.07, 6.45) is 2.51. The van der Waals surface area contributed by atoms with E-state index in [1.807, 2.05) is 0 Å². The average Bonchev–Trinajstić information content (AvgIpc) is 2.83. The second-order valence-corrected chi connectivity index (χ2v) is 14.5. The number of hydrogen-bond donors (Lipinski definition) is 0. The third-order valence-corrected chi connectivity index (χ3v) is 7.70. The smallest absolute Gasteiger partial charge is 0.306 e. The first-order valence-corrected chi connectivity index (χ1v) is 17.6. The molecule has 1 unspecified atom stereocenters. The van der Waals surface area contributed by atoms with Crippen molar-refractivity contribution in [1.29, 1.82) is 0 Å². The number of carbonyl (C=O) groups is 1. The van der Waals surface area contributed by atoms with Gasteiger partial charge in [-0.2, -0.15) is 25.3 Å². The second kappa shape index (κ2) is 11.3. The van der Waals surface area contributed by atoms with Gasteiger partial charge in [0.1, 0.15) is 11.5 Å². The summed E-state index contributed by atoms with van der Waals surface area (Å²) in [6, 6.07) is 12.6. The highest BCUT2D eigenvalue weighted by atomic mass is 32.2. The topological polar surface area (TPSA) is 190 Å². The predicted molar refractivity (Wildman–Crippen MR) is 151 cm³/mol. The summed E-state index contributed by atoms with van der Waals surface area (Å²) in [7, 11) is -12.1. The Balaban J connectivity index is 1.88. The average molecular weight is 640 g/mol. The van der Waals surface area contributed by atoms with E-state index in [0.29, 0.717) is 11.1 Å². The molecule has 0 radical (unpaired) electrons. The molecule has 224 valence electrons. The van der Waals surface area contributed by atoms with E-state index >= 15 is 0 Å². The molecule has 0 saturated carbocycles. The number of benzene rings is 3. The van der Waals surface area contributed by atoms with Crippen LogP contribution >= 0.6 is 0 Å². The highest BCUT2D eigenvalue weighted by Crippen LogP contribution is 2.44. The van der Waals surface area contributed by atoms with Crippen molar-refractivity contribution in [2.24, 2.45) is 0 Å². The predicted octanol–water partition coefficient (Wildman–Crippen LogP) is 3.11. The second-order valence-electron chi connectivity index (χ2n) is 9.77. The van der Waals surface area contributed by atoms with Crippen molar-refractivity contribution in [2.75, 3.05) is 18.8 Å². The molecule has 42 heavy (non-hydrogen) atoms. The molecule has 0 aromatic heterocycles. The fourth-order valence-corrected chi connectivity index (χ4v) is 6.10. The minimum atomic E-state index is -4.15. The third kappa shape index (κ3) is 7.83. The Morgan fingerprint density at radius 1 is 0.786 bits per heavy atom. The van der Waals surface area contributed by atoms with E-state index in [4.69, 9.17) is 12.5 Å². The number of nitrogens with zero attached hydrogens (tertiary/aromatic N) is 1. The van der Waals surface area contributed by atoms with E-state index in [9.17, 15) is 40.2 Å². The van der Waals surface area contributed by atoms with Gasteiger partial charge in [0.25, 0.3) is 5.69 Å². The molecule has 13 nitrogen and oxygen atoms in total. The summed E-state index contributed by atoms with van der Waals surface area (Å²) in [5, 5.41) is 11.1. The summed E-state index contributed by atoms with van der Waals surface area (Å²) in [6.45, 7) is 0. The molecule has 0 N–H and O–H groups in total. The molecule has 1 atom stereocenters. The van der Waals surface area contributed by atoms with Crippen LogP contribution in [0.5, 0.6) is 17.2 Å². The Hall–Kier alpha value is -4.02. The monoisotopic (exact) mass is 639 g/mol. The molecule has 0 aliphatic heterocycles. The zero-order chi connectivity index (χ0) is 31.0. The largest absolute Gasteiger partial charge is 0.383 e. The van der Waals surface area contributed by atoms with Crippen molar-refractivity contribution < 1.29 is 47.5 Å². The molecule has 0 bridgehead atoms. The molecule has 16 heteroatoms. The van der Waals surface area contributed by atoms with E-state index in [1.165, 1.54) is 36.4 Å². The lowest BCUT2D eigenvalue weighted by atomic mass is 9.76. The highest BCUT2D eigenvalue weighted by molar-refractivity contribution is 7.86. The molecule has 0 saturated heterocycles.